The molecule has 0 aliphatic carbocycles. The Morgan fingerprint density at radius 3 is 2.14 bits per heavy atom. The lowest BCUT2D eigenvalue weighted by Gasteiger charge is -2.33. The number of methoxy groups -OCH3 is 1. The fourth-order valence-corrected chi connectivity index (χ4v) is 3.20. The molecule has 0 aromatic heterocycles. The normalized spacial score (nSPS) is 10.9. The lowest BCUT2D eigenvalue weighted by atomic mass is 10.1. The van der Waals surface area contributed by atoms with Gasteiger partial charge in [-0.05, 0) is 55.8 Å². The van der Waals surface area contributed by atoms with E-state index >= 15 is 0 Å². The third-order valence-corrected chi connectivity index (χ3v) is 5.63. The van der Waals surface area contributed by atoms with Crippen LogP contribution in [-0.2, 0) is 6.54 Å². The van der Waals surface area contributed by atoms with Crippen molar-refractivity contribution in [1.29, 1.82) is 0 Å². The first-order valence-corrected chi connectivity index (χ1v) is 10.0. The summed E-state index contributed by atoms with van der Waals surface area (Å²) >= 11 is 0. The van der Waals surface area contributed by atoms with Gasteiger partial charge in [0.05, 0.1) is 33.8 Å². The number of carbonyl (C=O) groups excluding carboxylic acids is 1. The Bertz CT molecular complexity index is 744. The molecule has 0 aliphatic heterocycles. The molecule has 0 spiro atoms. The van der Waals surface area contributed by atoms with Crippen LogP contribution >= 0.6 is 0 Å². The van der Waals surface area contributed by atoms with Crippen molar-refractivity contribution in [3.8, 4) is 5.75 Å². The summed E-state index contributed by atoms with van der Waals surface area (Å²) in [5.74, 6) is 0.858. The van der Waals surface area contributed by atoms with Crippen LogP contribution in [0.15, 0.2) is 48.5 Å². The van der Waals surface area contributed by atoms with Crippen molar-refractivity contribution in [3.63, 3.8) is 0 Å². The molecule has 5 nitrogen and oxygen atoms in total. The number of carbonyl (C=O) groups is 1. The number of hydrogen-bond donors (Lipinski definition) is 1. The zero-order valence-electron chi connectivity index (χ0n) is 18.0. The van der Waals surface area contributed by atoms with Crippen LogP contribution in [0.2, 0.25) is 0 Å². The van der Waals surface area contributed by atoms with E-state index in [4.69, 9.17) is 10.5 Å². The number of quaternary nitrogens is 1. The zero-order chi connectivity index (χ0) is 20.6. The van der Waals surface area contributed by atoms with Gasteiger partial charge in [0, 0.05) is 30.8 Å². The van der Waals surface area contributed by atoms with E-state index in [2.05, 4.69) is 20.9 Å². The first-order chi connectivity index (χ1) is 13.4. The van der Waals surface area contributed by atoms with Crippen molar-refractivity contribution in [1.82, 2.24) is 4.90 Å². The number of halogens is 1. The monoisotopic (exact) mass is 463 g/mol. The molecule has 0 saturated carbocycles. The second kappa shape index (κ2) is 11.8. The number of anilines is 1. The second-order valence-electron chi connectivity index (χ2n) is 7.53. The molecule has 0 unspecified atom stereocenters. The van der Waals surface area contributed by atoms with Gasteiger partial charge in [-0.1, -0.05) is 12.1 Å². The summed E-state index contributed by atoms with van der Waals surface area (Å²) in [5, 5.41) is 0. The summed E-state index contributed by atoms with van der Waals surface area (Å²) in [7, 11) is 3.93. The average molecular weight is 464 g/mol. The van der Waals surface area contributed by atoms with Crippen LogP contribution in [-0.4, -0.2) is 55.6 Å². The van der Waals surface area contributed by atoms with E-state index in [1.54, 1.807) is 31.4 Å². The fraction of sp³-hybridized carbons (Fsp3) is 0.435. The van der Waals surface area contributed by atoms with E-state index in [0.29, 0.717) is 17.8 Å². The number of nitrogens with zero attached hydrogens (tertiary/aromatic N) is 2. The number of ether oxygens (including phenoxy) is 1. The molecule has 160 valence electrons. The van der Waals surface area contributed by atoms with Gasteiger partial charge in [-0.15, -0.1) is 0 Å². The maximum Gasteiger partial charge on any atom is 0.254 e. The predicted octanol–water partition coefficient (Wildman–Crippen LogP) is 0.800. The van der Waals surface area contributed by atoms with Gasteiger partial charge in [0.1, 0.15) is 5.75 Å². The highest BCUT2D eigenvalue weighted by molar-refractivity contribution is 5.94. The van der Waals surface area contributed by atoms with E-state index in [0.717, 1.165) is 48.4 Å². The molecule has 0 atom stereocenters. The molecule has 2 rings (SSSR count). The van der Waals surface area contributed by atoms with E-state index in [-0.39, 0.29) is 22.9 Å². The Morgan fingerprint density at radius 2 is 1.62 bits per heavy atom. The SMILES string of the molecule is CC[N+](C)(CC)CCCN(Cc1ccc(OC)cc1)C(=O)c1ccc(N)cc1.[Br-]. The van der Waals surface area contributed by atoms with Crippen LogP contribution in [0.5, 0.6) is 5.75 Å². The van der Waals surface area contributed by atoms with E-state index in [1.807, 2.05) is 29.2 Å². The third-order valence-electron chi connectivity index (χ3n) is 5.63. The molecule has 0 fully saturated rings. The van der Waals surface area contributed by atoms with Gasteiger partial charge < -0.3 is 36.8 Å². The number of amides is 1. The van der Waals surface area contributed by atoms with E-state index in [1.165, 1.54) is 0 Å². The van der Waals surface area contributed by atoms with Gasteiger partial charge in [0.15, 0.2) is 0 Å². The Hall–Kier alpha value is -2.05. The average Bonchev–Trinajstić information content (AvgIpc) is 2.73. The summed E-state index contributed by atoms with van der Waals surface area (Å²) in [4.78, 5) is 15.1. The van der Waals surface area contributed by atoms with Crippen molar-refractivity contribution < 1.29 is 31.0 Å². The molecule has 2 N–H and O–H groups in total. The lowest BCUT2D eigenvalue weighted by Crippen LogP contribution is -3.00. The highest BCUT2D eigenvalue weighted by Gasteiger charge is 2.20. The number of nitrogen functional groups attached to an aromatic ring is 1. The smallest absolute Gasteiger partial charge is 0.254 e. The molecule has 29 heavy (non-hydrogen) atoms. The first kappa shape index (κ1) is 25.0. The summed E-state index contributed by atoms with van der Waals surface area (Å²) in [5.41, 5.74) is 8.20. The van der Waals surface area contributed by atoms with Gasteiger partial charge in [-0.2, -0.15) is 0 Å². The van der Waals surface area contributed by atoms with Gasteiger partial charge in [-0.3, -0.25) is 4.79 Å². The Balaban J connectivity index is 0.00000420. The third kappa shape index (κ3) is 7.37. The van der Waals surface area contributed by atoms with Crippen molar-refractivity contribution in [2.45, 2.75) is 26.8 Å². The molecule has 0 saturated heterocycles. The Labute approximate surface area is 185 Å². The van der Waals surface area contributed by atoms with Crippen LogP contribution in [0.4, 0.5) is 5.69 Å². The maximum absolute atomic E-state index is 13.1. The second-order valence-corrected chi connectivity index (χ2v) is 7.53. The summed E-state index contributed by atoms with van der Waals surface area (Å²) < 4.78 is 6.25. The molecule has 0 radical (unpaired) electrons. The molecule has 1 amide bonds. The summed E-state index contributed by atoms with van der Waals surface area (Å²) in [6.07, 6.45) is 0.967. The molecule has 0 bridgehead atoms. The van der Waals surface area contributed by atoms with Crippen LogP contribution in [0, 0.1) is 0 Å². The largest absolute Gasteiger partial charge is 1.00 e. The first-order valence-electron chi connectivity index (χ1n) is 10.0. The molecular formula is C23H34BrN3O2. The molecular weight excluding hydrogens is 430 g/mol. The molecule has 6 heteroatoms. The summed E-state index contributed by atoms with van der Waals surface area (Å²) in [6.45, 7) is 9.00. The Morgan fingerprint density at radius 1 is 1.03 bits per heavy atom. The van der Waals surface area contributed by atoms with Crippen LogP contribution < -0.4 is 27.5 Å². The minimum absolute atomic E-state index is 0. The van der Waals surface area contributed by atoms with Crippen molar-refractivity contribution in [3.05, 3.63) is 59.7 Å². The maximum atomic E-state index is 13.1. The van der Waals surface area contributed by atoms with Crippen LogP contribution in [0.3, 0.4) is 0 Å². The minimum Gasteiger partial charge on any atom is -1.00 e. The standard InChI is InChI=1S/C23H33N3O2.BrH/c1-5-26(3,6-2)17-7-16-25(18-19-8-14-22(28-4)15-9-19)23(27)20-10-12-21(24)13-11-20;/h8-15H,5-7,16-18H2,1-4H3,(H-,24,27);1H. The predicted molar refractivity (Wildman–Crippen MR) is 115 cm³/mol. The van der Waals surface area contributed by atoms with Gasteiger partial charge in [0.2, 0.25) is 0 Å². The van der Waals surface area contributed by atoms with Crippen LogP contribution in [0.25, 0.3) is 0 Å². The van der Waals surface area contributed by atoms with E-state index < -0.39 is 0 Å². The minimum atomic E-state index is 0. The van der Waals surface area contributed by atoms with Crippen molar-refractivity contribution in [2.75, 3.05) is 46.1 Å². The highest BCUT2D eigenvalue weighted by Crippen LogP contribution is 2.16. The quantitative estimate of drug-likeness (QED) is 0.418. The van der Waals surface area contributed by atoms with Gasteiger partial charge in [-0.25, -0.2) is 0 Å². The lowest BCUT2D eigenvalue weighted by molar-refractivity contribution is -0.906. The van der Waals surface area contributed by atoms with E-state index in [9.17, 15) is 4.79 Å². The summed E-state index contributed by atoms with van der Waals surface area (Å²) in [6, 6.07) is 15.1. The topological polar surface area (TPSA) is 55.6 Å². The van der Waals surface area contributed by atoms with Crippen molar-refractivity contribution >= 4 is 11.6 Å². The molecule has 0 heterocycles. The van der Waals surface area contributed by atoms with Gasteiger partial charge in [0.25, 0.3) is 5.91 Å². The van der Waals surface area contributed by atoms with Crippen molar-refractivity contribution in [2.24, 2.45) is 0 Å². The van der Waals surface area contributed by atoms with Crippen LogP contribution in [0.1, 0.15) is 36.2 Å². The molecule has 0 aliphatic rings. The number of rotatable bonds is 10. The molecule has 2 aromatic carbocycles. The number of benzene rings is 2. The highest BCUT2D eigenvalue weighted by atomic mass is 79.9. The molecule has 2 aromatic rings. The fourth-order valence-electron chi connectivity index (χ4n) is 3.20. The number of nitrogens with two attached hydrogens (primary N) is 1. The zero-order valence-corrected chi connectivity index (χ0v) is 19.6. The Kier molecular flexibility index (Phi) is 10.2. The van der Waals surface area contributed by atoms with Gasteiger partial charge >= 0.3 is 0 Å². The number of hydrogen-bond acceptors (Lipinski definition) is 3.